The van der Waals surface area contributed by atoms with E-state index in [9.17, 15) is 14.0 Å². The minimum Gasteiger partial charge on any atom is -0.308 e. The SMILES string of the molecule is O=C(NO)c1ccc2c(c1)N(C(=O)/C(=C/c1ccc(Cl)cc1)c1ccc(F)cc1)CC2. The van der Waals surface area contributed by atoms with E-state index < -0.39 is 11.7 Å². The lowest BCUT2D eigenvalue weighted by atomic mass is 10.0. The van der Waals surface area contributed by atoms with Gasteiger partial charge in [-0.15, -0.1) is 0 Å². The molecule has 0 aliphatic carbocycles. The Morgan fingerprint density at radius 1 is 1.00 bits per heavy atom. The van der Waals surface area contributed by atoms with E-state index in [2.05, 4.69) is 0 Å². The number of benzene rings is 3. The van der Waals surface area contributed by atoms with Crippen LogP contribution in [0.3, 0.4) is 0 Å². The summed E-state index contributed by atoms with van der Waals surface area (Å²) >= 11 is 5.97. The van der Waals surface area contributed by atoms with Crippen LogP contribution >= 0.6 is 11.6 Å². The smallest absolute Gasteiger partial charge is 0.274 e. The van der Waals surface area contributed by atoms with Crippen molar-refractivity contribution in [2.75, 3.05) is 11.4 Å². The minimum absolute atomic E-state index is 0.242. The van der Waals surface area contributed by atoms with Crippen molar-refractivity contribution in [2.45, 2.75) is 6.42 Å². The van der Waals surface area contributed by atoms with Gasteiger partial charge in [0.15, 0.2) is 0 Å². The average Bonchev–Trinajstić information content (AvgIpc) is 3.21. The molecule has 2 N–H and O–H groups in total. The van der Waals surface area contributed by atoms with Gasteiger partial charge in [-0.1, -0.05) is 41.9 Å². The van der Waals surface area contributed by atoms with Crippen LogP contribution in [0.4, 0.5) is 10.1 Å². The van der Waals surface area contributed by atoms with Crippen LogP contribution in [0.1, 0.15) is 27.0 Å². The van der Waals surface area contributed by atoms with Gasteiger partial charge in [0.05, 0.1) is 0 Å². The molecule has 1 aliphatic heterocycles. The number of hydrogen-bond acceptors (Lipinski definition) is 3. The molecule has 0 fully saturated rings. The van der Waals surface area contributed by atoms with Crippen LogP contribution < -0.4 is 10.4 Å². The fourth-order valence-electron chi connectivity index (χ4n) is 3.57. The first-order valence-electron chi connectivity index (χ1n) is 9.58. The number of carbonyl (C=O) groups excluding carboxylic acids is 2. The molecule has 3 aromatic carbocycles. The van der Waals surface area contributed by atoms with Crippen molar-refractivity contribution in [3.8, 4) is 0 Å². The summed E-state index contributed by atoms with van der Waals surface area (Å²) in [4.78, 5) is 27.0. The van der Waals surface area contributed by atoms with Gasteiger partial charge in [0.2, 0.25) is 0 Å². The molecule has 156 valence electrons. The number of amides is 2. The summed E-state index contributed by atoms with van der Waals surface area (Å²) in [5.74, 6) is -1.33. The zero-order valence-corrected chi connectivity index (χ0v) is 17.1. The molecular formula is C24H18ClFN2O3. The second-order valence-electron chi connectivity index (χ2n) is 7.11. The van der Waals surface area contributed by atoms with Crippen LogP contribution in [0.5, 0.6) is 0 Å². The zero-order chi connectivity index (χ0) is 22.0. The molecule has 1 heterocycles. The molecule has 0 saturated heterocycles. The van der Waals surface area contributed by atoms with Gasteiger partial charge in [0, 0.05) is 28.4 Å². The average molecular weight is 437 g/mol. The van der Waals surface area contributed by atoms with E-state index >= 15 is 0 Å². The van der Waals surface area contributed by atoms with E-state index in [1.807, 2.05) is 0 Å². The first-order valence-corrected chi connectivity index (χ1v) is 9.96. The topological polar surface area (TPSA) is 69.6 Å². The number of carbonyl (C=O) groups is 2. The molecule has 0 unspecified atom stereocenters. The minimum atomic E-state index is -0.655. The normalized spacial score (nSPS) is 13.1. The van der Waals surface area contributed by atoms with Gasteiger partial charge in [0.25, 0.3) is 11.8 Å². The Morgan fingerprint density at radius 3 is 2.35 bits per heavy atom. The third-order valence-electron chi connectivity index (χ3n) is 5.16. The zero-order valence-electron chi connectivity index (χ0n) is 16.3. The largest absolute Gasteiger partial charge is 0.308 e. The van der Waals surface area contributed by atoms with Crippen molar-refractivity contribution in [2.24, 2.45) is 0 Å². The third kappa shape index (κ3) is 4.35. The first kappa shape index (κ1) is 20.8. The van der Waals surface area contributed by atoms with Gasteiger partial charge in [-0.2, -0.15) is 0 Å². The van der Waals surface area contributed by atoms with Crippen LogP contribution in [-0.4, -0.2) is 23.6 Å². The van der Waals surface area contributed by atoms with E-state index in [0.717, 1.165) is 11.1 Å². The monoisotopic (exact) mass is 436 g/mol. The van der Waals surface area contributed by atoms with Gasteiger partial charge in [-0.25, -0.2) is 9.87 Å². The van der Waals surface area contributed by atoms with Crippen LogP contribution in [-0.2, 0) is 11.2 Å². The summed E-state index contributed by atoms with van der Waals surface area (Å²) in [5.41, 5.74) is 5.10. The summed E-state index contributed by atoms with van der Waals surface area (Å²) in [5, 5.41) is 9.50. The Morgan fingerprint density at radius 2 is 1.68 bits per heavy atom. The van der Waals surface area contributed by atoms with E-state index in [1.54, 1.807) is 71.1 Å². The summed E-state index contributed by atoms with van der Waals surface area (Å²) in [6.45, 7) is 0.442. The predicted octanol–water partition coefficient (Wildman–Crippen LogP) is 4.73. The van der Waals surface area contributed by atoms with Gasteiger partial charge < -0.3 is 4.90 Å². The van der Waals surface area contributed by atoms with E-state index in [0.29, 0.717) is 34.8 Å². The van der Waals surface area contributed by atoms with Gasteiger partial charge in [0.1, 0.15) is 5.82 Å². The van der Waals surface area contributed by atoms with E-state index in [-0.39, 0.29) is 11.5 Å². The fraction of sp³-hybridized carbons (Fsp3) is 0.0833. The highest BCUT2D eigenvalue weighted by atomic mass is 35.5. The molecule has 2 amide bonds. The molecule has 0 atom stereocenters. The Bertz CT molecular complexity index is 1170. The Labute approximate surface area is 183 Å². The van der Waals surface area contributed by atoms with Crippen molar-refractivity contribution in [3.63, 3.8) is 0 Å². The lowest BCUT2D eigenvalue weighted by molar-refractivity contribution is -0.113. The summed E-state index contributed by atoms with van der Waals surface area (Å²) in [6, 6.07) is 17.7. The van der Waals surface area contributed by atoms with Crippen molar-refractivity contribution in [1.29, 1.82) is 0 Å². The van der Waals surface area contributed by atoms with E-state index in [4.69, 9.17) is 16.8 Å². The fourth-order valence-corrected chi connectivity index (χ4v) is 3.69. The molecule has 5 nitrogen and oxygen atoms in total. The highest BCUT2D eigenvalue weighted by Gasteiger charge is 2.28. The van der Waals surface area contributed by atoms with Gasteiger partial charge in [-0.05, 0) is 65.6 Å². The van der Waals surface area contributed by atoms with Crippen molar-refractivity contribution < 1.29 is 19.2 Å². The van der Waals surface area contributed by atoms with Gasteiger partial charge in [-0.3, -0.25) is 14.8 Å². The van der Waals surface area contributed by atoms with Crippen LogP contribution in [0, 0.1) is 5.82 Å². The second kappa shape index (κ2) is 8.71. The summed E-state index contributed by atoms with van der Waals surface area (Å²) < 4.78 is 13.5. The molecule has 0 aromatic heterocycles. The number of nitrogens with zero attached hydrogens (tertiary/aromatic N) is 1. The molecule has 1 aliphatic rings. The van der Waals surface area contributed by atoms with Crippen molar-refractivity contribution >= 4 is 40.8 Å². The molecule has 4 rings (SSSR count). The molecule has 0 radical (unpaired) electrons. The van der Waals surface area contributed by atoms with Gasteiger partial charge >= 0.3 is 0 Å². The second-order valence-corrected chi connectivity index (χ2v) is 7.54. The maximum Gasteiger partial charge on any atom is 0.274 e. The Hall–Kier alpha value is -3.48. The lowest BCUT2D eigenvalue weighted by Crippen LogP contribution is -2.30. The summed E-state index contributed by atoms with van der Waals surface area (Å²) in [6.07, 6.45) is 2.37. The number of nitrogens with one attached hydrogen (secondary N) is 1. The molecule has 0 saturated carbocycles. The number of rotatable bonds is 4. The van der Waals surface area contributed by atoms with Crippen LogP contribution in [0.2, 0.25) is 5.02 Å². The van der Waals surface area contributed by atoms with Crippen molar-refractivity contribution in [1.82, 2.24) is 5.48 Å². The number of anilines is 1. The number of hydrogen-bond donors (Lipinski definition) is 2. The quantitative estimate of drug-likeness (QED) is 0.269. The Balaban J connectivity index is 1.76. The standard InChI is InChI=1S/C24H18ClFN2O3/c25-19-7-1-15(2-8-19)13-21(16-5-9-20(26)10-6-16)24(30)28-12-11-17-3-4-18(14-22(17)28)23(29)27-31/h1-10,13-14,31H,11-12H2,(H,27,29)/b21-13+. The van der Waals surface area contributed by atoms with Crippen LogP contribution in [0.25, 0.3) is 11.6 Å². The summed E-state index contributed by atoms with van der Waals surface area (Å²) in [7, 11) is 0. The number of fused-ring (bicyclic) bond motifs is 1. The number of hydroxylamine groups is 1. The lowest BCUT2D eigenvalue weighted by Gasteiger charge is -2.20. The Kier molecular flexibility index (Phi) is 5.84. The highest BCUT2D eigenvalue weighted by Crippen LogP contribution is 2.33. The third-order valence-corrected chi connectivity index (χ3v) is 5.41. The van der Waals surface area contributed by atoms with Crippen molar-refractivity contribution in [3.05, 3.63) is 99.8 Å². The van der Waals surface area contributed by atoms with Crippen LogP contribution in [0.15, 0.2) is 66.7 Å². The molecule has 7 heteroatoms. The molecular weight excluding hydrogens is 419 g/mol. The molecule has 3 aromatic rings. The highest BCUT2D eigenvalue weighted by molar-refractivity contribution is 6.31. The first-order chi connectivity index (χ1) is 15.0. The van der Waals surface area contributed by atoms with E-state index in [1.165, 1.54) is 12.1 Å². The maximum atomic E-state index is 13.6. The molecule has 0 spiro atoms. The predicted molar refractivity (Wildman–Crippen MR) is 117 cm³/mol. The number of halogens is 2. The molecule has 0 bridgehead atoms. The molecule has 31 heavy (non-hydrogen) atoms. The maximum absolute atomic E-state index is 13.6.